The summed E-state index contributed by atoms with van der Waals surface area (Å²) in [4.78, 5) is 14.8. The lowest BCUT2D eigenvalue weighted by molar-refractivity contribution is -0.385. The largest absolute Gasteiger partial charge is 0.487 e. The highest BCUT2D eigenvalue weighted by molar-refractivity contribution is 5.58. The van der Waals surface area contributed by atoms with E-state index in [0.29, 0.717) is 25.3 Å². The van der Waals surface area contributed by atoms with Crippen LogP contribution in [0.3, 0.4) is 0 Å². The van der Waals surface area contributed by atoms with Crippen LogP contribution in [0.5, 0.6) is 5.75 Å². The van der Waals surface area contributed by atoms with Gasteiger partial charge in [0.1, 0.15) is 0 Å². The summed E-state index contributed by atoms with van der Waals surface area (Å²) in [5.74, 6) is 0.225. The predicted molar refractivity (Wildman–Crippen MR) is 91.3 cm³/mol. The molecule has 0 aliphatic carbocycles. The number of anilines is 1. The van der Waals surface area contributed by atoms with Crippen LogP contribution in [0.2, 0.25) is 0 Å². The lowest BCUT2D eigenvalue weighted by Gasteiger charge is -2.16. The number of aliphatic hydroxyl groups excluding tert-OH is 1. The van der Waals surface area contributed by atoms with Gasteiger partial charge in [-0.1, -0.05) is 6.07 Å². The van der Waals surface area contributed by atoms with E-state index in [1.54, 1.807) is 25.3 Å². The lowest BCUT2D eigenvalue weighted by atomic mass is 10.0. The molecule has 1 heterocycles. The molecule has 0 spiro atoms. The minimum atomic E-state index is -0.466. The summed E-state index contributed by atoms with van der Waals surface area (Å²) in [5, 5.41) is 23.7. The molecule has 0 bridgehead atoms. The van der Waals surface area contributed by atoms with E-state index >= 15 is 0 Å². The van der Waals surface area contributed by atoms with E-state index in [2.05, 4.69) is 10.3 Å². The Labute approximate surface area is 140 Å². The molecular weight excluding hydrogens is 310 g/mol. The van der Waals surface area contributed by atoms with Crippen LogP contribution < -0.4 is 10.1 Å². The molecule has 1 aromatic carbocycles. The summed E-state index contributed by atoms with van der Waals surface area (Å²) in [6, 6.07) is 10.3. The average Bonchev–Trinajstić information content (AvgIpc) is 2.59. The van der Waals surface area contributed by atoms with E-state index in [0.717, 1.165) is 5.69 Å². The molecule has 0 aliphatic heterocycles. The van der Waals surface area contributed by atoms with Crippen LogP contribution in [0.4, 0.5) is 11.4 Å². The minimum absolute atomic E-state index is 0.00867. The number of aliphatic hydroxyl groups is 1. The summed E-state index contributed by atoms with van der Waals surface area (Å²) in [5.41, 5.74) is 1.56. The third kappa shape index (κ3) is 4.92. The molecule has 0 saturated heterocycles. The maximum atomic E-state index is 11.0. The Bertz CT molecular complexity index is 664. The van der Waals surface area contributed by atoms with Gasteiger partial charge in [-0.15, -0.1) is 0 Å². The fourth-order valence-electron chi connectivity index (χ4n) is 2.32. The molecule has 128 valence electrons. The molecule has 2 rings (SSSR count). The van der Waals surface area contributed by atoms with Crippen LogP contribution in [0.25, 0.3) is 0 Å². The number of nitrogens with zero attached hydrogens (tertiary/aromatic N) is 2. The van der Waals surface area contributed by atoms with Gasteiger partial charge in [-0.3, -0.25) is 15.1 Å². The first-order chi connectivity index (χ1) is 11.6. The van der Waals surface area contributed by atoms with Gasteiger partial charge in [0.05, 0.1) is 11.5 Å². The van der Waals surface area contributed by atoms with Crippen LogP contribution in [0.1, 0.15) is 12.6 Å². The predicted octanol–water partition coefficient (Wildman–Crippen LogP) is 2.65. The Morgan fingerprint density at radius 3 is 2.83 bits per heavy atom. The van der Waals surface area contributed by atoms with E-state index in [-0.39, 0.29) is 24.0 Å². The third-order valence-electron chi connectivity index (χ3n) is 3.53. The second-order valence-electron chi connectivity index (χ2n) is 5.33. The van der Waals surface area contributed by atoms with Crippen molar-refractivity contribution in [3.05, 3.63) is 58.4 Å². The van der Waals surface area contributed by atoms with Crippen LogP contribution in [-0.2, 0) is 6.42 Å². The maximum absolute atomic E-state index is 11.0. The van der Waals surface area contributed by atoms with Crippen molar-refractivity contribution < 1.29 is 14.8 Å². The van der Waals surface area contributed by atoms with Crippen molar-refractivity contribution in [2.45, 2.75) is 13.3 Å². The second-order valence-corrected chi connectivity index (χ2v) is 5.33. The fraction of sp³-hybridized carbons (Fsp3) is 0.353. The number of aromatic nitrogens is 1. The van der Waals surface area contributed by atoms with Gasteiger partial charge in [0.2, 0.25) is 0 Å². The van der Waals surface area contributed by atoms with Gasteiger partial charge in [-0.05, 0) is 31.5 Å². The van der Waals surface area contributed by atoms with Crippen molar-refractivity contribution in [1.29, 1.82) is 0 Å². The molecular formula is C17H21N3O4. The number of ether oxygens (including phenoxy) is 1. The third-order valence-corrected chi connectivity index (χ3v) is 3.53. The van der Waals surface area contributed by atoms with Crippen molar-refractivity contribution >= 4 is 11.4 Å². The van der Waals surface area contributed by atoms with Gasteiger partial charge in [0, 0.05) is 48.8 Å². The smallest absolute Gasteiger partial charge is 0.311 e. The van der Waals surface area contributed by atoms with Crippen molar-refractivity contribution in [3.63, 3.8) is 0 Å². The number of nitrogens with one attached hydrogen (secondary N) is 1. The summed E-state index contributed by atoms with van der Waals surface area (Å²) in [6.07, 6.45) is 2.37. The van der Waals surface area contributed by atoms with Crippen LogP contribution in [0.15, 0.2) is 42.6 Å². The molecule has 1 aromatic heterocycles. The fourth-order valence-corrected chi connectivity index (χ4v) is 2.32. The van der Waals surface area contributed by atoms with Gasteiger partial charge < -0.3 is 15.2 Å². The molecule has 0 saturated carbocycles. The number of nitro benzene ring substituents is 1. The van der Waals surface area contributed by atoms with Gasteiger partial charge in [-0.25, -0.2) is 0 Å². The first-order valence-electron chi connectivity index (χ1n) is 7.80. The Morgan fingerprint density at radius 1 is 1.38 bits per heavy atom. The SMILES string of the molecule is CCOc1cc(NCC(CO)Cc2ccccn2)ccc1[N+](=O)[O-]. The number of pyridine rings is 1. The molecule has 1 atom stereocenters. The summed E-state index contributed by atoms with van der Waals surface area (Å²) < 4.78 is 5.33. The molecule has 7 heteroatoms. The van der Waals surface area contributed by atoms with E-state index in [4.69, 9.17) is 4.74 Å². The van der Waals surface area contributed by atoms with Gasteiger partial charge in [-0.2, -0.15) is 0 Å². The summed E-state index contributed by atoms with van der Waals surface area (Å²) >= 11 is 0. The molecule has 24 heavy (non-hydrogen) atoms. The highest BCUT2D eigenvalue weighted by Gasteiger charge is 2.16. The normalized spacial score (nSPS) is 11.8. The average molecular weight is 331 g/mol. The van der Waals surface area contributed by atoms with Crippen molar-refractivity contribution in [3.8, 4) is 5.75 Å². The standard InChI is InChI=1S/C17H21N3O4/c1-2-24-17-10-15(6-7-16(17)20(22)23)19-11-13(12-21)9-14-5-3-4-8-18-14/h3-8,10,13,19,21H,2,9,11-12H2,1H3. The Balaban J connectivity index is 2.01. The first-order valence-corrected chi connectivity index (χ1v) is 7.80. The highest BCUT2D eigenvalue weighted by Crippen LogP contribution is 2.30. The molecule has 0 aliphatic rings. The number of nitro groups is 1. The van der Waals surface area contributed by atoms with Gasteiger partial charge in [0.25, 0.3) is 0 Å². The van der Waals surface area contributed by atoms with Crippen LogP contribution >= 0.6 is 0 Å². The Hall–Kier alpha value is -2.67. The second kappa shape index (κ2) is 8.83. The Kier molecular flexibility index (Phi) is 6.51. The first kappa shape index (κ1) is 17.7. The molecule has 2 aromatic rings. The number of rotatable bonds is 9. The van der Waals surface area contributed by atoms with Gasteiger partial charge in [0.15, 0.2) is 5.75 Å². The molecule has 2 N–H and O–H groups in total. The molecule has 7 nitrogen and oxygen atoms in total. The Morgan fingerprint density at radius 2 is 2.21 bits per heavy atom. The van der Waals surface area contributed by atoms with Crippen molar-refractivity contribution in [2.24, 2.45) is 5.92 Å². The number of benzene rings is 1. The highest BCUT2D eigenvalue weighted by atomic mass is 16.6. The van der Waals surface area contributed by atoms with Crippen molar-refractivity contribution in [1.82, 2.24) is 4.98 Å². The topological polar surface area (TPSA) is 97.5 Å². The van der Waals surface area contributed by atoms with Crippen LogP contribution in [-0.4, -0.2) is 34.8 Å². The quantitative estimate of drug-likeness (QED) is 0.541. The zero-order valence-electron chi connectivity index (χ0n) is 13.5. The maximum Gasteiger partial charge on any atom is 0.311 e. The van der Waals surface area contributed by atoms with E-state index in [1.807, 2.05) is 18.2 Å². The summed E-state index contributed by atoms with van der Waals surface area (Å²) in [7, 11) is 0. The minimum Gasteiger partial charge on any atom is -0.487 e. The van der Waals surface area contributed by atoms with Gasteiger partial charge >= 0.3 is 5.69 Å². The zero-order valence-corrected chi connectivity index (χ0v) is 13.5. The van der Waals surface area contributed by atoms with Crippen molar-refractivity contribution in [2.75, 3.05) is 25.1 Å². The van der Waals surface area contributed by atoms with E-state index in [1.165, 1.54) is 6.07 Å². The van der Waals surface area contributed by atoms with E-state index < -0.39 is 4.92 Å². The van der Waals surface area contributed by atoms with E-state index in [9.17, 15) is 15.2 Å². The number of hydrogen-bond acceptors (Lipinski definition) is 6. The van der Waals surface area contributed by atoms with Crippen LogP contribution in [0, 0.1) is 16.0 Å². The molecule has 1 unspecified atom stereocenters. The lowest BCUT2D eigenvalue weighted by Crippen LogP contribution is -2.20. The molecule has 0 amide bonds. The molecule has 0 fully saturated rings. The summed E-state index contributed by atoms with van der Waals surface area (Å²) in [6.45, 7) is 2.67. The monoisotopic (exact) mass is 331 g/mol. The zero-order chi connectivity index (χ0) is 17.4. The molecule has 0 radical (unpaired) electrons. The number of hydrogen-bond donors (Lipinski definition) is 2.